The summed E-state index contributed by atoms with van der Waals surface area (Å²) >= 11 is 1.57. The first-order valence-electron chi connectivity index (χ1n) is 9.03. The van der Waals surface area contributed by atoms with Crippen LogP contribution in [0, 0.1) is 0 Å². The van der Waals surface area contributed by atoms with E-state index >= 15 is 0 Å². The fourth-order valence-electron chi connectivity index (χ4n) is 3.48. The van der Waals surface area contributed by atoms with Crippen LogP contribution in [0.2, 0.25) is 0 Å². The summed E-state index contributed by atoms with van der Waals surface area (Å²) in [4.78, 5) is 32.5. The quantitative estimate of drug-likeness (QED) is 0.712. The number of carbonyl (C=O) groups excluding carboxylic acids is 2. The molecule has 28 heavy (non-hydrogen) atoms. The number of nitrogens with one attached hydrogen (secondary N) is 1. The Hall–Kier alpha value is -2.93. The molecule has 1 aromatic heterocycles. The van der Waals surface area contributed by atoms with Crippen LogP contribution in [0.1, 0.15) is 15.9 Å². The van der Waals surface area contributed by atoms with Crippen LogP contribution in [-0.2, 0) is 11.3 Å². The lowest BCUT2D eigenvalue weighted by molar-refractivity contribution is -0.134. The van der Waals surface area contributed by atoms with E-state index in [2.05, 4.69) is 4.98 Å². The van der Waals surface area contributed by atoms with E-state index in [0.29, 0.717) is 29.3 Å². The Morgan fingerprint density at radius 1 is 1.21 bits per heavy atom. The third-order valence-corrected chi connectivity index (χ3v) is 6.04. The number of carbonyl (C=O) groups is 2. The number of aromatic hydroxyl groups is 1. The Kier molecular flexibility index (Phi) is 5.00. The summed E-state index contributed by atoms with van der Waals surface area (Å²) < 4.78 is 0. The molecule has 0 bridgehead atoms. The molecule has 0 radical (unpaired) electrons. The minimum absolute atomic E-state index is 0.124. The zero-order valence-corrected chi connectivity index (χ0v) is 16.3. The van der Waals surface area contributed by atoms with Crippen molar-refractivity contribution in [3.63, 3.8) is 0 Å². The number of hydrogen-bond donors (Lipinski definition) is 2. The molecule has 4 rings (SSSR count). The van der Waals surface area contributed by atoms with Gasteiger partial charge in [0.1, 0.15) is 11.8 Å². The Bertz CT molecular complexity index is 1030. The number of aromatic nitrogens is 1. The molecular formula is C21H21N3O3S. The van der Waals surface area contributed by atoms with Gasteiger partial charge in [0.25, 0.3) is 5.91 Å². The maximum atomic E-state index is 13.2. The third-order valence-electron chi connectivity index (χ3n) is 5.02. The van der Waals surface area contributed by atoms with Gasteiger partial charge in [-0.05, 0) is 12.1 Å². The number of rotatable bonds is 4. The van der Waals surface area contributed by atoms with E-state index in [-0.39, 0.29) is 17.6 Å². The molecule has 2 heterocycles. The highest BCUT2D eigenvalue weighted by molar-refractivity contribution is 7.99. The molecule has 144 valence electrons. The normalized spacial score (nSPS) is 16.5. The van der Waals surface area contributed by atoms with E-state index < -0.39 is 6.04 Å². The molecule has 6 nitrogen and oxygen atoms in total. The minimum atomic E-state index is -0.512. The Balaban J connectivity index is 1.53. The smallest absolute Gasteiger partial charge is 0.257 e. The fraction of sp³-hybridized carbons (Fsp3) is 0.238. The van der Waals surface area contributed by atoms with Crippen LogP contribution in [0.15, 0.2) is 54.7 Å². The maximum absolute atomic E-state index is 13.2. The summed E-state index contributed by atoms with van der Waals surface area (Å²) in [5.41, 5.74) is 2.16. The number of nitrogens with zero attached hydrogens (tertiary/aromatic N) is 2. The molecule has 2 aromatic carbocycles. The summed E-state index contributed by atoms with van der Waals surface area (Å²) in [5, 5.41) is 10.8. The van der Waals surface area contributed by atoms with E-state index in [9.17, 15) is 14.7 Å². The predicted molar refractivity (Wildman–Crippen MR) is 110 cm³/mol. The van der Waals surface area contributed by atoms with Crippen LogP contribution in [0.25, 0.3) is 10.9 Å². The van der Waals surface area contributed by atoms with Crippen molar-refractivity contribution in [1.29, 1.82) is 0 Å². The molecule has 1 atom stereocenters. The lowest BCUT2D eigenvalue weighted by Crippen LogP contribution is -2.47. The van der Waals surface area contributed by atoms with E-state index in [4.69, 9.17) is 0 Å². The molecule has 0 saturated carbocycles. The lowest BCUT2D eigenvalue weighted by Gasteiger charge is -2.27. The van der Waals surface area contributed by atoms with Gasteiger partial charge in [-0.1, -0.05) is 36.4 Å². The number of fused-ring (bicyclic) bond motifs is 1. The second kappa shape index (κ2) is 7.59. The number of phenols is 1. The number of thioether (sulfide) groups is 1. The van der Waals surface area contributed by atoms with E-state index in [1.54, 1.807) is 53.0 Å². The van der Waals surface area contributed by atoms with Gasteiger partial charge in [0.2, 0.25) is 5.91 Å². The largest absolute Gasteiger partial charge is 0.508 e. The van der Waals surface area contributed by atoms with Crippen LogP contribution < -0.4 is 0 Å². The van der Waals surface area contributed by atoms with Crippen molar-refractivity contribution in [2.24, 2.45) is 0 Å². The summed E-state index contributed by atoms with van der Waals surface area (Å²) in [6.45, 7) is 0.293. The number of benzene rings is 2. The van der Waals surface area contributed by atoms with Crippen LogP contribution in [0.3, 0.4) is 0 Å². The van der Waals surface area contributed by atoms with Gasteiger partial charge >= 0.3 is 0 Å². The molecule has 0 aliphatic carbocycles. The van der Waals surface area contributed by atoms with Gasteiger partial charge in [-0.3, -0.25) is 9.59 Å². The number of para-hydroxylation sites is 2. The molecule has 3 aromatic rings. The highest BCUT2D eigenvalue weighted by atomic mass is 32.2. The molecule has 7 heteroatoms. The molecule has 1 fully saturated rings. The average molecular weight is 395 g/mol. The van der Waals surface area contributed by atoms with Crippen LogP contribution in [0.4, 0.5) is 0 Å². The summed E-state index contributed by atoms with van der Waals surface area (Å²) in [7, 11) is 1.70. The second-order valence-corrected chi connectivity index (χ2v) is 7.86. The number of H-pyrrole nitrogens is 1. The number of hydrogen-bond acceptors (Lipinski definition) is 4. The molecule has 1 saturated heterocycles. The van der Waals surface area contributed by atoms with Gasteiger partial charge in [0, 0.05) is 42.0 Å². The van der Waals surface area contributed by atoms with Gasteiger partial charge in [0.15, 0.2) is 0 Å². The van der Waals surface area contributed by atoms with Crippen molar-refractivity contribution in [2.75, 3.05) is 18.7 Å². The molecule has 2 amide bonds. The number of aromatic amines is 1. The van der Waals surface area contributed by atoms with Crippen molar-refractivity contribution in [1.82, 2.24) is 14.8 Å². The van der Waals surface area contributed by atoms with Crippen molar-refractivity contribution >= 4 is 34.5 Å². The first kappa shape index (κ1) is 18.4. The molecular weight excluding hydrogens is 374 g/mol. The Morgan fingerprint density at radius 3 is 2.79 bits per heavy atom. The van der Waals surface area contributed by atoms with Crippen molar-refractivity contribution in [2.45, 2.75) is 12.6 Å². The molecule has 2 N–H and O–H groups in total. The Labute approximate surface area is 167 Å². The maximum Gasteiger partial charge on any atom is 0.257 e. The average Bonchev–Trinajstić information content (AvgIpc) is 3.36. The monoisotopic (exact) mass is 395 g/mol. The second-order valence-electron chi connectivity index (χ2n) is 6.86. The first-order valence-corrected chi connectivity index (χ1v) is 10.2. The van der Waals surface area contributed by atoms with Crippen LogP contribution >= 0.6 is 11.8 Å². The van der Waals surface area contributed by atoms with Gasteiger partial charge < -0.3 is 19.9 Å². The van der Waals surface area contributed by atoms with Crippen molar-refractivity contribution in [3.05, 3.63) is 65.9 Å². The molecule has 1 unspecified atom stereocenters. The molecule has 1 aliphatic heterocycles. The predicted octanol–water partition coefficient (Wildman–Crippen LogP) is 3.05. The summed E-state index contributed by atoms with van der Waals surface area (Å²) in [5.74, 6) is 0.949. The van der Waals surface area contributed by atoms with Gasteiger partial charge in [-0.25, -0.2) is 0 Å². The van der Waals surface area contributed by atoms with Crippen LogP contribution in [-0.4, -0.2) is 56.4 Å². The standard InChI is InChI=1S/C21H21N3O3S/c1-23(11-14-6-2-5-9-19(14)25)21(27)18-12-28-13-24(18)20(26)16-10-22-17-8-4-3-7-15(16)17/h2-10,18,22,25H,11-13H2,1H3. The Morgan fingerprint density at radius 2 is 1.96 bits per heavy atom. The lowest BCUT2D eigenvalue weighted by atomic mass is 10.1. The van der Waals surface area contributed by atoms with Crippen molar-refractivity contribution in [3.8, 4) is 5.75 Å². The zero-order valence-electron chi connectivity index (χ0n) is 15.5. The number of amides is 2. The van der Waals surface area contributed by atoms with E-state index in [0.717, 1.165) is 10.9 Å². The fourth-order valence-corrected chi connectivity index (χ4v) is 4.63. The van der Waals surface area contributed by atoms with Gasteiger partial charge in [-0.2, -0.15) is 0 Å². The molecule has 0 spiro atoms. The highest BCUT2D eigenvalue weighted by Gasteiger charge is 2.37. The van der Waals surface area contributed by atoms with E-state index in [1.165, 1.54) is 0 Å². The van der Waals surface area contributed by atoms with Gasteiger partial charge in [0.05, 0.1) is 11.4 Å². The SMILES string of the molecule is CN(Cc1ccccc1O)C(=O)C1CSCN1C(=O)c1c[nH]c2ccccc12. The summed E-state index contributed by atoms with van der Waals surface area (Å²) in [6.07, 6.45) is 1.71. The highest BCUT2D eigenvalue weighted by Crippen LogP contribution is 2.28. The van der Waals surface area contributed by atoms with Crippen molar-refractivity contribution < 1.29 is 14.7 Å². The minimum Gasteiger partial charge on any atom is -0.508 e. The van der Waals surface area contributed by atoms with Crippen LogP contribution in [0.5, 0.6) is 5.75 Å². The third kappa shape index (κ3) is 3.33. The molecule has 1 aliphatic rings. The van der Waals surface area contributed by atoms with Gasteiger partial charge in [-0.15, -0.1) is 11.8 Å². The summed E-state index contributed by atoms with van der Waals surface area (Å²) in [6, 6.07) is 14.1. The zero-order chi connectivity index (χ0) is 19.7. The number of likely N-dealkylation sites (N-methyl/N-ethyl adjacent to an activating group) is 1. The van der Waals surface area contributed by atoms with E-state index in [1.807, 2.05) is 30.3 Å². The first-order chi connectivity index (χ1) is 13.6. The number of phenolic OH excluding ortho intramolecular Hbond substituents is 1. The topological polar surface area (TPSA) is 76.6 Å².